The van der Waals surface area contributed by atoms with E-state index >= 15 is 0 Å². The standard InChI is InChI=1S/2C19H23NO2S.2H2O/c2*1-19(2,23-14-16-11-7-4-8-12-16)17(18(21)22)20-13-15-9-5-3-6-10-15;;/h2*3-12,17,20H,13-14H2,1-2H3,(H,21,22);2*1H2/t2*17-;;/m00../s1. The van der Waals surface area contributed by atoms with Crippen LogP contribution in [0.4, 0.5) is 0 Å². The van der Waals surface area contributed by atoms with Gasteiger partial charge in [0.25, 0.3) is 0 Å². The molecule has 0 amide bonds. The molecule has 0 aliphatic heterocycles. The Balaban J connectivity index is 0.000000461. The van der Waals surface area contributed by atoms with E-state index in [2.05, 4.69) is 24.3 Å². The Hall–Kier alpha value is -3.64. The molecule has 4 aromatic rings. The molecule has 10 heteroatoms. The number of hydrogen-bond acceptors (Lipinski definition) is 6. The minimum atomic E-state index is -1.01. The SMILES string of the molecule is CC(C)(SCc1ccccc1)[C@@H]([NH2+]Cc1ccccc1)C(=O)[O-].CC(C)(SCc1ccccc1)[C@@H]([NH2+]Cc1ccccc1)C(=O)[O-].O.O. The Labute approximate surface area is 293 Å². The number of quaternary nitrogens is 2. The smallest absolute Gasteiger partial charge is 0.141 e. The fraction of sp³-hybridized carbons (Fsp3) is 0.316. The van der Waals surface area contributed by atoms with Gasteiger partial charge in [-0.25, -0.2) is 0 Å². The van der Waals surface area contributed by atoms with Gasteiger partial charge in [0.15, 0.2) is 0 Å². The van der Waals surface area contributed by atoms with Crippen LogP contribution in [0, 0.1) is 0 Å². The number of carboxylic acid groups (broad SMARTS) is 2. The molecule has 0 heterocycles. The minimum absolute atomic E-state index is 0. The van der Waals surface area contributed by atoms with E-state index in [-0.39, 0.29) is 11.0 Å². The molecule has 0 bridgehead atoms. The van der Waals surface area contributed by atoms with E-state index in [9.17, 15) is 19.8 Å². The van der Waals surface area contributed by atoms with Crippen molar-refractivity contribution in [2.45, 2.75) is 73.9 Å². The van der Waals surface area contributed by atoms with Gasteiger partial charge in [0.1, 0.15) is 37.1 Å². The Bertz CT molecular complexity index is 1350. The van der Waals surface area contributed by atoms with Gasteiger partial charge in [0.05, 0.1) is 9.49 Å². The highest BCUT2D eigenvalue weighted by Gasteiger charge is 2.35. The summed E-state index contributed by atoms with van der Waals surface area (Å²) in [6.45, 7) is 9.17. The van der Waals surface area contributed by atoms with Crippen molar-refractivity contribution in [2.24, 2.45) is 0 Å². The second-order valence-corrected chi connectivity index (χ2v) is 15.5. The number of carbonyl (C=O) groups excluding carboxylic acids is 2. The number of hydrogen-bond donors (Lipinski definition) is 2. The normalized spacial score (nSPS) is 12.2. The van der Waals surface area contributed by atoms with E-state index in [0.29, 0.717) is 13.1 Å². The maximum Gasteiger partial charge on any atom is 0.141 e. The van der Waals surface area contributed by atoms with Gasteiger partial charge in [0.2, 0.25) is 0 Å². The lowest BCUT2D eigenvalue weighted by Crippen LogP contribution is -2.95. The predicted molar refractivity (Wildman–Crippen MR) is 193 cm³/mol. The minimum Gasteiger partial charge on any atom is -0.544 e. The molecule has 2 atom stereocenters. The number of aliphatic carboxylic acids is 2. The van der Waals surface area contributed by atoms with Crippen molar-refractivity contribution >= 4 is 35.5 Å². The summed E-state index contributed by atoms with van der Waals surface area (Å²) in [7, 11) is 0. The van der Waals surface area contributed by atoms with Crippen molar-refractivity contribution in [1.82, 2.24) is 0 Å². The molecule has 0 saturated heterocycles. The lowest BCUT2D eigenvalue weighted by atomic mass is 10.0. The van der Waals surface area contributed by atoms with Crippen molar-refractivity contribution in [3.05, 3.63) is 144 Å². The highest BCUT2D eigenvalue weighted by Crippen LogP contribution is 2.31. The third-order valence-corrected chi connectivity index (χ3v) is 10.7. The third kappa shape index (κ3) is 14.6. The van der Waals surface area contributed by atoms with E-state index in [1.54, 1.807) is 23.5 Å². The zero-order valence-electron chi connectivity index (χ0n) is 28.1. The van der Waals surface area contributed by atoms with E-state index < -0.39 is 33.5 Å². The van der Waals surface area contributed by atoms with Crippen LogP contribution < -0.4 is 20.8 Å². The molecule has 8 nitrogen and oxygen atoms in total. The second-order valence-electron chi connectivity index (χ2n) is 12.2. The first kappa shape index (κ1) is 42.4. The van der Waals surface area contributed by atoms with Gasteiger partial charge in [-0.15, -0.1) is 23.5 Å². The van der Waals surface area contributed by atoms with Crippen LogP contribution in [-0.2, 0) is 34.2 Å². The summed E-state index contributed by atoms with van der Waals surface area (Å²) in [5.41, 5.74) is 4.63. The number of carbonyl (C=O) groups is 2. The van der Waals surface area contributed by atoms with Gasteiger partial charge in [-0.1, -0.05) is 121 Å². The van der Waals surface area contributed by atoms with Crippen molar-refractivity contribution in [3.8, 4) is 0 Å². The first-order valence-electron chi connectivity index (χ1n) is 15.5. The zero-order valence-corrected chi connectivity index (χ0v) is 29.8. The molecule has 4 aromatic carbocycles. The fourth-order valence-corrected chi connectivity index (χ4v) is 7.14. The molecule has 260 valence electrons. The Morgan fingerprint density at radius 2 is 0.771 bits per heavy atom. The maximum atomic E-state index is 11.6. The monoisotopic (exact) mass is 694 g/mol. The summed E-state index contributed by atoms with van der Waals surface area (Å²) in [6, 6.07) is 38.8. The van der Waals surface area contributed by atoms with Gasteiger partial charge in [-0.2, -0.15) is 0 Å². The number of carboxylic acids is 2. The van der Waals surface area contributed by atoms with Crippen LogP contribution in [0.5, 0.6) is 0 Å². The molecular weight excluding hydrogens is 645 g/mol. The molecule has 0 aromatic heterocycles. The highest BCUT2D eigenvalue weighted by atomic mass is 32.2. The number of thioether (sulfide) groups is 2. The van der Waals surface area contributed by atoms with Crippen molar-refractivity contribution < 1.29 is 41.4 Å². The highest BCUT2D eigenvalue weighted by molar-refractivity contribution is 8.00. The van der Waals surface area contributed by atoms with E-state index in [0.717, 1.165) is 22.6 Å². The van der Waals surface area contributed by atoms with Crippen LogP contribution in [0.25, 0.3) is 0 Å². The summed E-state index contributed by atoms with van der Waals surface area (Å²) in [5.74, 6) is -0.439. The van der Waals surface area contributed by atoms with Crippen LogP contribution in [0.2, 0.25) is 0 Å². The molecule has 0 saturated carbocycles. The average molecular weight is 695 g/mol. The summed E-state index contributed by atoms with van der Waals surface area (Å²) >= 11 is 3.30. The summed E-state index contributed by atoms with van der Waals surface area (Å²) in [4.78, 5) is 23.2. The molecule has 48 heavy (non-hydrogen) atoms. The van der Waals surface area contributed by atoms with Crippen LogP contribution in [0.1, 0.15) is 49.9 Å². The molecule has 0 aliphatic carbocycles. The Morgan fingerprint density at radius 1 is 0.521 bits per heavy atom. The molecule has 0 fully saturated rings. The fourth-order valence-electron chi connectivity index (χ4n) is 4.93. The van der Waals surface area contributed by atoms with Crippen LogP contribution in [0.15, 0.2) is 121 Å². The summed E-state index contributed by atoms with van der Waals surface area (Å²) in [6.07, 6.45) is 0. The molecular formula is C38H50N2O6S2. The van der Waals surface area contributed by atoms with Crippen LogP contribution in [-0.4, -0.2) is 44.5 Å². The molecule has 8 N–H and O–H groups in total. The number of benzene rings is 4. The molecule has 4 rings (SSSR count). The molecule has 0 spiro atoms. The van der Waals surface area contributed by atoms with Gasteiger partial charge in [-0.3, -0.25) is 0 Å². The quantitative estimate of drug-likeness (QED) is 0.180. The van der Waals surface area contributed by atoms with E-state index in [4.69, 9.17) is 0 Å². The molecule has 0 unspecified atom stereocenters. The number of nitrogens with two attached hydrogens (primary N) is 2. The average Bonchev–Trinajstić information content (AvgIpc) is 3.05. The van der Waals surface area contributed by atoms with Gasteiger partial charge in [-0.05, 0) is 38.8 Å². The van der Waals surface area contributed by atoms with E-state index in [1.807, 2.05) is 135 Å². The zero-order chi connectivity index (χ0) is 33.4. The van der Waals surface area contributed by atoms with Crippen molar-refractivity contribution in [1.29, 1.82) is 0 Å². The lowest BCUT2D eigenvalue weighted by Gasteiger charge is -2.32. The Kier molecular flexibility index (Phi) is 18.9. The van der Waals surface area contributed by atoms with Crippen LogP contribution in [0.3, 0.4) is 0 Å². The van der Waals surface area contributed by atoms with Crippen molar-refractivity contribution in [3.63, 3.8) is 0 Å². The summed E-state index contributed by atoms with van der Waals surface area (Å²) < 4.78 is -0.854. The van der Waals surface area contributed by atoms with Gasteiger partial charge in [0, 0.05) is 22.6 Å². The topological polar surface area (TPSA) is 176 Å². The Morgan fingerprint density at radius 3 is 1.02 bits per heavy atom. The summed E-state index contributed by atoms with van der Waals surface area (Å²) in [5, 5.41) is 27.0. The van der Waals surface area contributed by atoms with Gasteiger partial charge < -0.3 is 41.4 Å². The first-order chi connectivity index (χ1) is 22.0. The third-order valence-electron chi connectivity index (χ3n) is 7.78. The maximum absolute atomic E-state index is 11.6. The largest absolute Gasteiger partial charge is 0.544 e. The molecule has 0 radical (unpaired) electrons. The lowest BCUT2D eigenvalue weighted by molar-refractivity contribution is -0.701. The van der Waals surface area contributed by atoms with E-state index in [1.165, 1.54) is 11.1 Å². The molecule has 0 aliphatic rings. The first-order valence-corrected chi connectivity index (χ1v) is 17.5. The second kappa shape index (κ2) is 21.4. The number of rotatable bonds is 16. The van der Waals surface area contributed by atoms with Crippen molar-refractivity contribution in [2.75, 3.05) is 0 Å². The predicted octanol–water partition coefficient (Wildman–Crippen LogP) is 1.51. The van der Waals surface area contributed by atoms with Crippen LogP contribution >= 0.6 is 23.5 Å². The van der Waals surface area contributed by atoms with Gasteiger partial charge >= 0.3 is 0 Å².